The monoisotopic (exact) mass is 411 g/mol. The fourth-order valence-corrected chi connectivity index (χ4v) is 3.22. The molecule has 0 radical (unpaired) electrons. The standard InChI is InChI=1S/C17H16F3N5O2S/c1-3-27-14-6-10(4-5-21-14)16-23-9-11(28-16)8-22-15(26)12-7-13(17(18,19)20)24-25(12)2/h4-7,9H,3,8H2,1-2H3,(H,22,26). The van der Waals surface area contributed by atoms with E-state index in [9.17, 15) is 18.0 Å². The minimum absolute atomic E-state index is 0.131. The number of aryl methyl sites for hydroxylation is 1. The highest BCUT2D eigenvalue weighted by Gasteiger charge is 2.35. The van der Waals surface area contributed by atoms with Gasteiger partial charge in [0.2, 0.25) is 5.88 Å². The summed E-state index contributed by atoms with van der Waals surface area (Å²) in [4.78, 5) is 21.3. The summed E-state index contributed by atoms with van der Waals surface area (Å²) in [6, 6.07) is 4.27. The van der Waals surface area contributed by atoms with Crippen molar-refractivity contribution in [3.63, 3.8) is 0 Å². The van der Waals surface area contributed by atoms with Gasteiger partial charge in [0.1, 0.15) is 10.7 Å². The van der Waals surface area contributed by atoms with E-state index < -0.39 is 17.8 Å². The molecule has 0 fully saturated rings. The second kappa shape index (κ2) is 7.97. The third-order valence-electron chi connectivity index (χ3n) is 3.65. The van der Waals surface area contributed by atoms with Gasteiger partial charge in [-0.2, -0.15) is 18.3 Å². The zero-order chi connectivity index (χ0) is 20.3. The first-order valence-corrected chi connectivity index (χ1v) is 9.03. The van der Waals surface area contributed by atoms with Crippen LogP contribution in [0.3, 0.4) is 0 Å². The Bertz CT molecular complexity index is 983. The SMILES string of the molecule is CCOc1cc(-c2ncc(CNC(=O)c3cc(C(F)(F)F)nn3C)s2)ccn1. The highest BCUT2D eigenvalue weighted by atomic mass is 32.1. The van der Waals surface area contributed by atoms with Gasteiger partial charge in [-0.3, -0.25) is 9.48 Å². The number of alkyl halides is 3. The topological polar surface area (TPSA) is 81.9 Å². The number of carbonyl (C=O) groups is 1. The molecule has 3 aromatic rings. The van der Waals surface area contributed by atoms with Crippen molar-refractivity contribution in [1.82, 2.24) is 25.1 Å². The maximum atomic E-state index is 12.7. The molecule has 1 amide bonds. The van der Waals surface area contributed by atoms with E-state index in [2.05, 4.69) is 20.4 Å². The van der Waals surface area contributed by atoms with Crippen molar-refractivity contribution < 1.29 is 22.7 Å². The van der Waals surface area contributed by atoms with E-state index in [0.29, 0.717) is 17.5 Å². The van der Waals surface area contributed by atoms with E-state index in [1.807, 2.05) is 6.92 Å². The number of amides is 1. The molecule has 3 heterocycles. The molecular weight excluding hydrogens is 395 g/mol. The van der Waals surface area contributed by atoms with Crippen molar-refractivity contribution in [2.45, 2.75) is 19.6 Å². The van der Waals surface area contributed by atoms with Crippen molar-refractivity contribution in [3.8, 4) is 16.5 Å². The second-order valence-electron chi connectivity index (χ2n) is 5.67. The number of hydrogen-bond donors (Lipinski definition) is 1. The Morgan fingerprint density at radius 1 is 1.32 bits per heavy atom. The van der Waals surface area contributed by atoms with Gasteiger partial charge >= 0.3 is 6.18 Å². The fourth-order valence-electron chi connectivity index (χ4n) is 2.37. The highest BCUT2D eigenvalue weighted by Crippen LogP contribution is 2.29. The van der Waals surface area contributed by atoms with Crippen molar-refractivity contribution >= 4 is 17.2 Å². The van der Waals surface area contributed by atoms with Crippen LogP contribution >= 0.6 is 11.3 Å². The minimum Gasteiger partial charge on any atom is -0.478 e. The predicted molar refractivity (Wildman–Crippen MR) is 95.9 cm³/mol. The van der Waals surface area contributed by atoms with Gasteiger partial charge in [-0.15, -0.1) is 11.3 Å². The molecular formula is C17H16F3N5O2S. The van der Waals surface area contributed by atoms with Gasteiger partial charge < -0.3 is 10.1 Å². The Morgan fingerprint density at radius 2 is 2.11 bits per heavy atom. The van der Waals surface area contributed by atoms with Crippen LogP contribution in [0.5, 0.6) is 5.88 Å². The lowest BCUT2D eigenvalue weighted by molar-refractivity contribution is -0.141. The zero-order valence-electron chi connectivity index (χ0n) is 14.9. The molecule has 148 valence electrons. The van der Waals surface area contributed by atoms with Crippen LogP contribution in [-0.2, 0) is 19.8 Å². The van der Waals surface area contributed by atoms with Gasteiger partial charge in [0.25, 0.3) is 5.91 Å². The Morgan fingerprint density at radius 3 is 2.79 bits per heavy atom. The van der Waals surface area contributed by atoms with Crippen LogP contribution in [0.4, 0.5) is 13.2 Å². The summed E-state index contributed by atoms with van der Waals surface area (Å²) in [5, 5.41) is 6.63. The molecule has 7 nitrogen and oxygen atoms in total. The van der Waals surface area contributed by atoms with Crippen molar-refractivity contribution in [1.29, 1.82) is 0 Å². The number of pyridine rings is 1. The third-order valence-corrected chi connectivity index (χ3v) is 4.70. The van der Waals surface area contributed by atoms with E-state index in [1.165, 1.54) is 18.4 Å². The number of nitrogens with zero attached hydrogens (tertiary/aromatic N) is 4. The largest absolute Gasteiger partial charge is 0.478 e. The molecule has 0 aliphatic rings. The number of thiazole rings is 1. The van der Waals surface area contributed by atoms with Gasteiger partial charge in [0.15, 0.2) is 5.69 Å². The molecule has 3 aromatic heterocycles. The normalized spacial score (nSPS) is 11.5. The quantitative estimate of drug-likeness (QED) is 0.673. The third kappa shape index (κ3) is 4.47. The number of rotatable bonds is 6. The molecule has 0 unspecified atom stereocenters. The molecule has 0 aromatic carbocycles. The molecule has 1 N–H and O–H groups in total. The smallest absolute Gasteiger partial charge is 0.435 e. The molecule has 0 bridgehead atoms. The van der Waals surface area contributed by atoms with Gasteiger partial charge in [-0.1, -0.05) is 0 Å². The summed E-state index contributed by atoms with van der Waals surface area (Å²) in [7, 11) is 1.29. The van der Waals surface area contributed by atoms with Crippen LogP contribution in [0.25, 0.3) is 10.6 Å². The average molecular weight is 411 g/mol. The van der Waals surface area contributed by atoms with Crippen LogP contribution < -0.4 is 10.1 Å². The zero-order valence-corrected chi connectivity index (χ0v) is 15.8. The highest BCUT2D eigenvalue weighted by molar-refractivity contribution is 7.15. The summed E-state index contributed by atoms with van der Waals surface area (Å²) in [5.41, 5.74) is -0.460. The summed E-state index contributed by atoms with van der Waals surface area (Å²) >= 11 is 1.35. The number of ether oxygens (including phenoxy) is 1. The lowest BCUT2D eigenvalue weighted by atomic mass is 10.3. The molecule has 0 aliphatic heterocycles. The fraction of sp³-hybridized carbons (Fsp3) is 0.294. The van der Waals surface area contributed by atoms with Gasteiger partial charge in [0.05, 0.1) is 13.2 Å². The van der Waals surface area contributed by atoms with Crippen LogP contribution in [-0.4, -0.2) is 32.3 Å². The first-order chi connectivity index (χ1) is 13.3. The maximum absolute atomic E-state index is 12.7. The van der Waals surface area contributed by atoms with E-state index in [-0.39, 0.29) is 12.2 Å². The Labute approximate surface area is 162 Å². The maximum Gasteiger partial charge on any atom is 0.435 e. The van der Waals surface area contributed by atoms with Crippen LogP contribution in [0.1, 0.15) is 28.0 Å². The molecule has 0 saturated carbocycles. The molecule has 0 aliphatic carbocycles. The van der Waals surface area contributed by atoms with Gasteiger partial charge in [0, 0.05) is 42.0 Å². The Kier molecular flexibility index (Phi) is 5.63. The number of hydrogen-bond acceptors (Lipinski definition) is 6. The van der Waals surface area contributed by atoms with Crippen LogP contribution in [0.2, 0.25) is 0 Å². The van der Waals surface area contributed by atoms with Crippen molar-refractivity contribution in [2.75, 3.05) is 6.61 Å². The van der Waals surface area contributed by atoms with Crippen LogP contribution in [0, 0.1) is 0 Å². The van der Waals surface area contributed by atoms with E-state index in [1.54, 1.807) is 24.5 Å². The van der Waals surface area contributed by atoms with E-state index in [0.717, 1.165) is 21.2 Å². The molecule has 11 heteroatoms. The Balaban J connectivity index is 1.67. The lowest BCUT2D eigenvalue weighted by Crippen LogP contribution is -2.24. The summed E-state index contributed by atoms with van der Waals surface area (Å²) in [6.07, 6.45) is -1.39. The summed E-state index contributed by atoms with van der Waals surface area (Å²) in [5.74, 6) is -0.162. The predicted octanol–water partition coefficient (Wildman–Crippen LogP) is 3.29. The molecule has 0 spiro atoms. The molecule has 0 atom stereocenters. The second-order valence-corrected chi connectivity index (χ2v) is 6.78. The van der Waals surface area contributed by atoms with E-state index >= 15 is 0 Å². The lowest BCUT2D eigenvalue weighted by Gasteiger charge is -2.03. The van der Waals surface area contributed by atoms with Crippen LogP contribution in [0.15, 0.2) is 30.6 Å². The van der Waals surface area contributed by atoms with Gasteiger partial charge in [-0.05, 0) is 13.0 Å². The van der Waals surface area contributed by atoms with Crippen molar-refractivity contribution in [2.24, 2.45) is 7.05 Å². The number of carbonyl (C=O) groups excluding carboxylic acids is 1. The number of nitrogens with one attached hydrogen (secondary N) is 1. The molecule has 0 saturated heterocycles. The number of aromatic nitrogens is 4. The first kappa shape index (κ1) is 19.8. The Hall–Kier alpha value is -2.95. The van der Waals surface area contributed by atoms with E-state index in [4.69, 9.17) is 4.74 Å². The first-order valence-electron chi connectivity index (χ1n) is 8.21. The molecule has 28 heavy (non-hydrogen) atoms. The van der Waals surface area contributed by atoms with Crippen molar-refractivity contribution in [3.05, 3.63) is 46.9 Å². The summed E-state index contributed by atoms with van der Waals surface area (Å²) < 4.78 is 44.4. The average Bonchev–Trinajstić information content (AvgIpc) is 3.27. The summed E-state index contributed by atoms with van der Waals surface area (Å²) in [6.45, 7) is 2.49. The van der Waals surface area contributed by atoms with Gasteiger partial charge in [-0.25, -0.2) is 9.97 Å². The minimum atomic E-state index is -4.60. The molecule has 3 rings (SSSR count). The number of halogens is 3.